The van der Waals surface area contributed by atoms with E-state index in [1.54, 1.807) is 6.07 Å². The quantitative estimate of drug-likeness (QED) is 0.681. The Bertz CT molecular complexity index is 354. The van der Waals surface area contributed by atoms with Crippen LogP contribution in [0.3, 0.4) is 0 Å². The zero-order valence-electron chi connectivity index (χ0n) is 11.1. The molecule has 0 saturated carbocycles. The minimum Gasteiger partial charge on any atom is -0.327 e. The molecule has 0 radical (unpaired) electrons. The van der Waals surface area contributed by atoms with Gasteiger partial charge in [-0.05, 0) is 24.5 Å². The van der Waals surface area contributed by atoms with Crippen LogP contribution in [0.1, 0.15) is 51.0 Å². The third kappa shape index (κ3) is 5.36. The third-order valence-corrected chi connectivity index (χ3v) is 3.62. The number of unbranched alkanes of at least 4 members (excludes halogenated alkanes) is 4. The number of benzene rings is 1. The number of hydrogen-bond acceptors (Lipinski definition) is 1. The van der Waals surface area contributed by atoms with Gasteiger partial charge in [0.2, 0.25) is 0 Å². The number of nitrogens with two attached hydrogens (primary N) is 1. The summed E-state index contributed by atoms with van der Waals surface area (Å²) in [5.74, 6) is -0.357. The van der Waals surface area contributed by atoms with Gasteiger partial charge in [0.1, 0.15) is 5.82 Å². The van der Waals surface area contributed by atoms with Gasteiger partial charge in [0.25, 0.3) is 0 Å². The van der Waals surface area contributed by atoms with Crippen molar-refractivity contribution in [2.24, 2.45) is 5.73 Å². The smallest absolute Gasteiger partial charge is 0.142 e. The molecule has 1 aromatic rings. The fourth-order valence-electron chi connectivity index (χ4n) is 2.10. The lowest BCUT2D eigenvalue weighted by Gasteiger charge is -2.12. The predicted octanol–water partition coefficient (Wildman–Crippen LogP) is 4.71. The van der Waals surface area contributed by atoms with Crippen molar-refractivity contribution in [3.05, 3.63) is 34.6 Å². The highest BCUT2D eigenvalue weighted by Crippen LogP contribution is 2.21. The average Bonchev–Trinajstić information content (AvgIpc) is 2.35. The first-order valence-electron chi connectivity index (χ1n) is 6.83. The van der Waals surface area contributed by atoms with E-state index in [4.69, 9.17) is 17.3 Å². The molecule has 0 spiro atoms. The van der Waals surface area contributed by atoms with Crippen molar-refractivity contribution in [2.75, 3.05) is 0 Å². The largest absolute Gasteiger partial charge is 0.327 e. The molecule has 0 fully saturated rings. The zero-order valence-corrected chi connectivity index (χ0v) is 11.8. The first-order chi connectivity index (χ1) is 8.65. The molecule has 1 atom stereocenters. The van der Waals surface area contributed by atoms with E-state index in [2.05, 4.69) is 6.92 Å². The van der Waals surface area contributed by atoms with Crippen LogP contribution in [0.2, 0.25) is 5.02 Å². The second kappa shape index (κ2) is 8.49. The molecule has 0 aliphatic carbocycles. The normalized spacial score (nSPS) is 12.7. The van der Waals surface area contributed by atoms with Gasteiger partial charge in [-0.1, -0.05) is 62.8 Å². The molecule has 1 rings (SSSR count). The Balaban J connectivity index is 2.31. The molecule has 0 saturated heterocycles. The molecule has 102 valence electrons. The molecule has 2 N–H and O–H groups in total. The number of hydrogen-bond donors (Lipinski definition) is 1. The van der Waals surface area contributed by atoms with E-state index in [1.807, 2.05) is 6.07 Å². The first kappa shape index (κ1) is 15.5. The fraction of sp³-hybridized carbons (Fsp3) is 0.600. The summed E-state index contributed by atoms with van der Waals surface area (Å²) in [7, 11) is 0. The lowest BCUT2D eigenvalue weighted by Crippen LogP contribution is -2.22. The Morgan fingerprint density at radius 1 is 1.22 bits per heavy atom. The highest BCUT2D eigenvalue weighted by molar-refractivity contribution is 6.31. The molecular weight excluding hydrogens is 249 g/mol. The average molecular weight is 272 g/mol. The summed E-state index contributed by atoms with van der Waals surface area (Å²) >= 11 is 5.91. The summed E-state index contributed by atoms with van der Waals surface area (Å²) in [6, 6.07) is 4.99. The highest BCUT2D eigenvalue weighted by Gasteiger charge is 2.09. The van der Waals surface area contributed by atoms with Crippen LogP contribution in [0.4, 0.5) is 4.39 Å². The van der Waals surface area contributed by atoms with Crippen molar-refractivity contribution in [3.8, 4) is 0 Å². The van der Waals surface area contributed by atoms with E-state index in [0.717, 1.165) is 18.4 Å². The molecule has 0 amide bonds. The van der Waals surface area contributed by atoms with Gasteiger partial charge < -0.3 is 5.73 Å². The van der Waals surface area contributed by atoms with E-state index in [9.17, 15) is 4.39 Å². The van der Waals surface area contributed by atoms with Crippen LogP contribution >= 0.6 is 11.6 Å². The molecule has 0 aromatic heterocycles. The van der Waals surface area contributed by atoms with Gasteiger partial charge in [-0.2, -0.15) is 0 Å². The van der Waals surface area contributed by atoms with Crippen molar-refractivity contribution >= 4 is 11.6 Å². The van der Waals surface area contributed by atoms with Crippen LogP contribution in [0.15, 0.2) is 18.2 Å². The van der Waals surface area contributed by atoms with Crippen LogP contribution in [0.5, 0.6) is 0 Å². The van der Waals surface area contributed by atoms with Crippen LogP contribution in [0.25, 0.3) is 0 Å². The van der Waals surface area contributed by atoms with Gasteiger partial charge in [0.05, 0.1) is 5.02 Å². The van der Waals surface area contributed by atoms with E-state index < -0.39 is 0 Å². The van der Waals surface area contributed by atoms with Gasteiger partial charge in [-0.15, -0.1) is 0 Å². The predicted molar refractivity (Wildman–Crippen MR) is 76.5 cm³/mol. The molecule has 0 heterocycles. The van der Waals surface area contributed by atoms with Crippen molar-refractivity contribution in [3.63, 3.8) is 0 Å². The van der Waals surface area contributed by atoms with Crippen LogP contribution in [-0.4, -0.2) is 6.04 Å². The molecule has 0 bridgehead atoms. The zero-order chi connectivity index (χ0) is 13.4. The standard InChI is InChI=1S/C15H23ClFN/c1-2-3-4-5-6-9-13(18)11-12-8-7-10-14(17)15(12)16/h7-8,10,13H,2-6,9,11,18H2,1H3. The minimum absolute atomic E-state index is 0.0749. The highest BCUT2D eigenvalue weighted by atomic mass is 35.5. The van der Waals surface area contributed by atoms with E-state index in [1.165, 1.54) is 31.7 Å². The van der Waals surface area contributed by atoms with Crippen molar-refractivity contribution in [1.82, 2.24) is 0 Å². The van der Waals surface area contributed by atoms with Crippen molar-refractivity contribution < 1.29 is 4.39 Å². The Labute approximate surface area is 115 Å². The minimum atomic E-state index is -0.357. The molecule has 1 nitrogen and oxygen atoms in total. The second-order valence-corrected chi connectivity index (χ2v) is 5.26. The van der Waals surface area contributed by atoms with Gasteiger partial charge in [0, 0.05) is 6.04 Å². The van der Waals surface area contributed by atoms with Crippen molar-refractivity contribution in [1.29, 1.82) is 0 Å². The van der Waals surface area contributed by atoms with Crippen LogP contribution < -0.4 is 5.73 Å². The Kier molecular flexibility index (Phi) is 7.29. The van der Waals surface area contributed by atoms with Gasteiger partial charge in [-0.25, -0.2) is 4.39 Å². The van der Waals surface area contributed by atoms with Crippen molar-refractivity contribution in [2.45, 2.75) is 57.9 Å². The third-order valence-electron chi connectivity index (χ3n) is 3.19. The van der Waals surface area contributed by atoms with Crippen LogP contribution in [0, 0.1) is 5.82 Å². The molecule has 0 aliphatic heterocycles. The number of rotatable bonds is 8. The maximum absolute atomic E-state index is 13.2. The SMILES string of the molecule is CCCCCCCC(N)Cc1cccc(F)c1Cl. The monoisotopic (exact) mass is 271 g/mol. The molecular formula is C15H23ClFN. The Morgan fingerprint density at radius 3 is 2.67 bits per heavy atom. The van der Waals surface area contributed by atoms with Gasteiger partial charge in [-0.3, -0.25) is 0 Å². The lowest BCUT2D eigenvalue weighted by molar-refractivity contribution is 0.537. The first-order valence-corrected chi connectivity index (χ1v) is 7.21. The molecule has 18 heavy (non-hydrogen) atoms. The lowest BCUT2D eigenvalue weighted by atomic mass is 10.0. The summed E-state index contributed by atoms with van der Waals surface area (Å²) in [5, 5.41) is 0.221. The van der Waals surface area contributed by atoms with E-state index in [0.29, 0.717) is 6.42 Å². The molecule has 1 unspecified atom stereocenters. The second-order valence-electron chi connectivity index (χ2n) is 4.88. The van der Waals surface area contributed by atoms with Gasteiger partial charge >= 0.3 is 0 Å². The van der Waals surface area contributed by atoms with E-state index in [-0.39, 0.29) is 16.9 Å². The topological polar surface area (TPSA) is 26.0 Å². The summed E-state index contributed by atoms with van der Waals surface area (Å²) in [5.41, 5.74) is 6.88. The Morgan fingerprint density at radius 2 is 1.94 bits per heavy atom. The van der Waals surface area contributed by atoms with E-state index >= 15 is 0 Å². The maximum atomic E-state index is 13.2. The molecule has 1 aromatic carbocycles. The summed E-state index contributed by atoms with van der Waals surface area (Å²) < 4.78 is 13.2. The molecule has 3 heteroatoms. The summed E-state index contributed by atoms with van der Waals surface area (Å²) in [6.45, 7) is 2.21. The summed E-state index contributed by atoms with van der Waals surface area (Å²) in [6.07, 6.45) is 7.85. The fourth-order valence-corrected chi connectivity index (χ4v) is 2.30. The van der Waals surface area contributed by atoms with Gasteiger partial charge in [0.15, 0.2) is 0 Å². The molecule has 0 aliphatic rings. The van der Waals surface area contributed by atoms with Crippen LogP contribution in [-0.2, 0) is 6.42 Å². The number of halogens is 2. The summed E-state index contributed by atoms with van der Waals surface area (Å²) in [4.78, 5) is 0. The maximum Gasteiger partial charge on any atom is 0.142 e. The Hall–Kier alpha value is -0.600.